The van der Waals surface area contributed by atoms with Crippen molar-refractivity contribution in [3.05, 3.63) is 79.9 Å². The highest BCUT2D eigenvalue weighted by Gasteiger charge is 2.10. The van der Waals surface area contributed by atoms with Gasteiger partial charge in [-0.2, -0.15) is 9.78 Å². The summed E-state index contributed by atoms with van der Waals surface area (Å²) < 4.78 is 1.19. The molecule has 0 N–H and O–H groups in total. The molecular formula is C17H14N4O3. The van der Waals surface area contributed by atoms with Crippen molar-refractivity contribution in [1.29, 1.82) is 0 Å². The van der Waals surface area contributed by atoms with Gasteiger partial charge < -0.3 is 0 Å². The molecule has 0 aliphatic carbocycles. The van der Waals surface area contributed by atoms with Crippen LogP contribution in [0.1, 0.15) is 17.0 Å². The molecule has 0 amide bonds. The second-order valence-electron chi connectivity index (χ2n) is 5.34. The number of aryl methyl sites for hydroxylation is 2. The number of aromatic nitrogens is 2. The lowest BCUT2D eigenvalue weighted by Gasteiger charge is -2.05. The first-order valence-electron chi connectivity index (χ1n) is 7.25. The molecule has 1 aromatic heterocycles. The summed E-state index contributed by atoms with van der Waals surface area (Å²) in [7, 11) is 0. The van der Waals surface area contributed by atoms with Crippen molar-refractivity contribution in [3.8, 4) is 0 Å². The summed E-state index contributed by atoms with van der Waals surface area (Å²) in [5.41, 5.74) is 1.44. The molecule has 7 heteroatoms. The molecule has 0 saturated carbocycles. The van der Waals surface area contributed by atoms with E-state index in [0.29, 0.717) is 27.9 Å². The Kier molecular flexibility index (Phi) is 3.91. The Morgan fingerprint density at radius 3 is 2.71 bits per heavy atom. The first kappa shape index (κ1) is 15.5. The number of hydrogen-bond donors (Lipinski definition) is 0. The highest BCUT2D eigenvalue weighted by molar-refractivity contribution is 5.81. The number of nitrogens with zero attached hydrogens (tertiary/aromatic N) is 4. The molecule has 3 aromatic rings. The lowest BCUT2D eigenvalue weighted by Crippen LogP contribution is -2.20. The fourth-order valence-corrected chi connectivity index (χ4v) is 2.40. The van der Waals surface area contributed by atoms with Gasteiger partial charge in [-0.1, -0.05) is 24.3 Å². The molecule has 24 heavy (non-hydrogen) atoms. The van der Waals surface area contributed by atoms with Gasteiger partial charge in [-0.05, 0) is 26.0 Å². The molecule has 2 aromatic carbocycles. The van der Waals surface area contributed by atoms with Crippen LogP contribution in [-0.2, 0) is 0 Å². The van der Waals surface area contributed by atoms with Crippen LogP contribution in [0.2, 0.25) is 0 Å². The summed E-state index contributed by atoms with van der Waals surface area (Å²) >= 11 is 0. The van der Waals surface area contributed by atoms with Gasteiger partial charge in [0.1, 0.15) is 5.82 Å². The molecule has 0 spiro atoms. The van der Waals surface area contributed by atoms with E-state index in [1.165, 1.54) is 17.0 Å². The quantitative estimate of drug-likeness (QED) is 0.421. The number of para-hydroxylation sites is 1. The normalized spacial score (nSPS) is 11.2. The summed E-state index contributed by atoms with van der Waals surface area (Å²) in [5, 5.41) is 15.6. The van der Waals surface area contributed by atoms with Crippen LogP contribution in [0.25, 0.3) is 10.9 Å². The molecule has 7 nitrogen and oxygen atoms in total. The van der Waals surface area contributed by atoms with E-state index in [0.717, 1.165) is 0 Å². The van der Waals surface area contributed by atoms with Crippen LogP contribution < -0.4 is 5.56 Å². The van der Waals surface area contributed by atoms with E-state index >= 15 is 0 Å². The lowest BCUT2D eigenvalue weighted by atomic mass is 10.1. The van der Waals surface area contributed by atoms with Crippen molar-refractivity contribution in [3.63, 3.8) is 0 Å². The van der Waals surface area contributed by atoms with Gasteiger partial charge in [0.25, 0.3) is 11.2 Å². The average Bonchev–Trinajstić information content (AvgIpc) is 2.55. The van der Waals surface area contributed by atoms with Crippen LogP contribution >= 0.6 is 0 Å². The molecule has 0 aliphatic heterocycles. The molecule has 120 valence electrons. The van der Waals surface area contributed by atoms with E-state index in [-0.39, 0.29) is 11.2 Å². The molecule has 0 aliphatic rings. The maximum absolute atomic E-state index is 12.5. The van der Waals surface area contributed by atoms with E-state index in [1.807, 2.05) is 6.07 Å². The molecule has 1 heterocycles. The zero-order chi connectivity index (χ0) is 17.3. The topological polar surface area (TPSA) is 90.4 Å². The Balaban J connectivity index is 2.07. The van der Waals surface area contributed by atoms with E-state index in [4.69, 9.17) is 0 Å². The first-order valence-corrected chi connectivity index (χ1v) is 7.25. The van der Waals surface area contributed by atoms with Crippen LogP contribution in [0.5, 0.6) is 0 Å². The van der Waals surface area contributed by atoms with Crippen molar-refractivity contribution in [2.24, 2.45) is 5.10 Å². The van der Waals surface area contributed by atoms with Crippen LogP contribution in [0.15, 0.2) is 52.4 Å². The van der Waals surface area contributed by atoms with Gasteiger partial charge in [0.2, 0.25) is 0 Å². The number of fused-ring (bicyclic) bond motifs is 1. The summed E-state index contributed by atoms with van der Waals surface area (Å²) in [6, 6.07) is 11.8. The monoisotopic (exact) mass is 322 g/mol. The second-order valence-corrected chi connectivity index (χ2v) is 5.34. The van der Waals surface area contributed by atoms with Crippen molar-refractivity contribution < 1.29 is 4.92 Å². The Morgan fingerprint density at radius 1 is 1.21 bits per heavy atom. The van der Waals surface area contributed by atoms with E-state index in [1.54, 1.807) is 44.2 Å². The van der Waals surface area contributed by atoms with Gasteiger partial charge in [0.05, 0.1) is 22.0 Å². The Hall–Kier alpha value is -3.35. The van der Waals surface area contributed by atoms with E-state index in [9.17, 15) is 14.9 Å². The average molecular weight is 322 g/mol. The predicted molar refractivity (Wildman–Crippen MR) is 91.6 cm³/mol. The molecule has 0 saturated heterocycles. The number of nitro groups is 1. The van der Waals surface area contributed by atoms with Gasteiger partial charge in [-0.15, -0.1) is 0 Å². The highest BCUT2D eigenvalue weighted by Crippen LogP contribution is 2.18. The first-order chi connectivity index (χ1) is 11.5. The molecule has 0 radical (unpaired) electrons. The standard InChI is InChI=1S/C17H14N4O3/c1-11-7-8-13(9-16(11)21(23)24)10-18-20-12(2)19-15-6-4-3-5-14(15)17(20)22/h3-10H,1-2H3/b18-10-. The summed E-state index contributed by atoms with van der Waals surface area (Å²) in [5.74, 6) is 0.441. The summed E-state index contributed by atoms with van der Waals surface area (Å²) in [4.78, 5) is 27.4. The third-order valence-electron chi connectivity index (χ3n) is 3.67. The molecule has 0 unspecified atom stereocenters. The minimum atomic E-state index is -0.443. The highest BCUT2D eigenvalue weighted by atomic mass is 16.6. The molecule has 0 bridgehead atoms. The number of benzene rings is 2. The van der Waals surface area contributed by atoms with Crippen molar-refractivity contribution in [1.82, 2.24) is 9.66 Å². The smallest absolute Gasteiger partial charge is 0.267 e. The van der Waals surface area contributed by atoms with Gasteiger partial charge in [-0.25, -0.2) is 4.98 Å². The third kappa shape index (κ3) is 2.79. The Morgan fingerprint density at radius 2 is 1.96 bits per heavy atom. The Bertz CT molecular complexity index is 1040. The zero-order valence-corrected chi connectivity index (χ0v) is 13.1. The summed E-state index contributed by atoms with van der Waals surface area (Å²) in [6.45, 7) is 3.35. The third-order valence-corrected chi connectivity index (χ3v) is 3.67. The number of hydrogen-bond acceptors (Lipinski definition) is 5. The molecule has 0 fully saturated rings. The number of nitro benzene ring substituents is 1. The second kappa shape index (κ2) is 6.04. The van der Waals surface area contributed by atoms with Gasteiger partial charge >= 0.3 is 0 Å². The number of rotatable bonds is 3. The largest absolute Gasteiger partial charge is 0.282 e. The van der Waals surface area contributed by atoms with Crippen molar-refractivity contribution in [2.45, 2.75) is 13.8 Å². The molecular weight excluding hydrogens is 308 g/mol. The van der Waals surface area contributed by atoms with Crippen LogP contribution in [-0.4, -0.2) is 20.8 Å². The maximum Gasteiger partial charge on any atom is 0.282 e. The fourth-order valence-electron chi connectivity index (χ4n) is 2.40. The van der Waals surface area contributed by atoms with Gasteiger partial charge in [0, 0.05) is 17.2 Å². The summed E-state index contributed by atoms with van der Waals surface area (Å²) in [6.07, 6.45) is 1.41. The lowest BCUT2D eigenvalue weighted by molar-refractivity contribution is -0.385. The molecule has 0 atom stereocenters. The van der Waals surface area contributed by atoms with E-state index < -0.39 is 4.92 Å². The minimum absolute atomic E-state index is 0.0136. The zero-order valence-electron chi connectivity index (χ0n) is 13.1. The SMILES string of the molecule is Cc1ccc(/C=N\n2c(C)nc3ccccc3c2=O)cc1[N+](=O)[O-]. The van der Waals surface area contributed by atoms with Crippen molar-refractivity contribution >= 4 is 22.8 Å². The van der Waals surface area contributed by atoms with Crippen molar-refractivity contribution in [2.75, 3.05) is 0 Å². The Labute approximate surface area is 137 Å². The predicted octanol–water partition coefficient (Wildman–Crippen LogP) is 2.80. The minimum Gasteiger partial charge on any atom is -0.267 e. The van der Waals surface area contributed by atoms with E-state index in [2.05, 4.69) is 10.1 Å². The van der Waals surface area contributed by atoms with Crippen LogP contribution in [0, 0.1) is 24.0 Å². The molecule has 3 rings (SSSR count). The van der Waals surface area contributed by atoms with Gasteiger partial charge in [-0.3, -0.25) is 14.9 Å². The fraction of sp³-hybridized carbons (Fsp3) is 0.118. The van der Waals surface area contributed by atoms with Crippen LogP contribution in [0.3, 0.4) is 0 Å². The maximum atomic E-state index is 12.5. The van der Waals surface area contributed by atoms with Gasteiger partial charge in [0.15, 0.2) is 0 Å². The van der Waals surface area contributed by atoms with Crippen LogP contribution in [0.4, 0.5) is 5.69 Å².